The minimum atomic E-state index is -0.245. The maximum Gasteiger partial charge on any atom is 0.276 e. The summed E-state index contributed by atoms with van der Waals surface area (Å²) in [4.78, 5) is 26.6. The van der Waals surface area contributed by atoms with E-state index in [4.69, 9.17) is 0 Å². The van der Waals surface area contributed by atoms with Crippen molar-refractivity contribution in [3.05, 3.63) is 11.4 Å². The number of hydrogen-bond donors (Lipinski definition) is 1. The molecule has 7 heteroatoms. The molecule has 0 saturated carbocycles. The molecule has 0 spiro atoms. The SMILES string of the molecule is CC(C)[C@H]1Cn2nnc(C(=O)N3CCCCC3)c2C(=O)N1. The summed E-state index contributed by atoms with van der Waals surface area (Å²) >= 11 is 0. The largest absolute Gasteiger partial charge is 0.346 e. The molecule has 0 radical (unpaired) electrons. The lowest BCUT2D eigenvalue weighted by Gasteiger charge is -2.28. The zero-order chi connectivity index (χ0) is 15.0. The highest BCUT2D eigenvalue weighted by Gasteiger charge is 2.34. The zero-order valence-corrected chi connectivity index (χ0v) is 12.5. The van der Waals surface area contributed by atoms with Crippen LogP contribution in [0.4, 0.5) is 0 Å². The Hall–Kier alpha value is -1.92. The van der Waals surface area contributed by atoms with Crippen molar-refractivity contribution in [1.29, 1.82) is 0 Å². The first kappa shape index (κ1) is 14.0. The molecule has 0 unspecified atom stereocenters. The molecule has 1 atom stereocenters. The van der Waals surface area contributed by atoms with Crippen LogP contribution in [0, 0.1) is 5.92 Å². The highest BCUT2D eigenvalue weighted by molar-refractivity contribution is 6.05. The fourth-order valence-electron chi connectivity index (χ4n) is 2.90. The van der Waals surface area contributed by atoms with Crippen LogP contribution in [0.1, 0.15) is 54.1 Å². The van der Waals surface area contributed by atoms with Gasteiger partial charge < -0.3 is 10.2 Å². The van der Waals surface area contributed by atoms with Gasteiger partial charge >= 0.3 is 0 Å². The van der Waals surface area contributed by atoms with E-state index in [1.165, 1.54) is 0 Å². The molecular formula is C14H21N5O2. The molecule has 3 rings (SSSR count). The van der Waals surface area contributed by atoms with Crippen molar-refractivity contribution in [2.75, 3.05) is 13.1 Å². The van der Waals surface area contributed by atoms with Gasteiger partial charge in [0.2, 0.25) is 0 Å². The van der Waals surface area contributed by atoms with E-state index in [9.17, 15) is 9.59 Å². The van der Waals surface area contributed by atoms with Gasteiger partial charge in [0.25, 0.3) is 11.8 Å². The number of aromatic nitrogens is 3. The maximum atomic E-state index is 12.5. The summed E-state index contributed by atoms with van der Waals surface area (Å²) in [7, 11) is 0. The van der Waals surface area contributed by atoms with Crippen molar-refractivity contribution in [3.63, 3.8) is 0 Å². The van der Waals surface area contributed by atoms with Crippen LogP contribution in [0.15, 0.2) is 0 Å². The summed E-state index contributed by atoms with van der Waals surface area (Å²) in [6.07, 6.45) is 3.17. The second-order valence-corrected chi connectivity index (χ2v) is 6.15. The molecule has 0 bridgehead atoms. The summed E-state index contributed by atoms with van der Waals surface area (Å²) in [5, 5.41) is 10.9. The van der Waals surface area contributed by atoms with E-state index in [1.54, 1.807) is 9.58 Å². The molecular weight excluding hydrogens is 270 g/mol. The van der Waals surface area contributed by atoms with E-state index in [2.05, 4.69) is 15.6 Å². The van der Waals surface area contributed by atoms with Crippen molar-refractivity contribution in [2.24, 2.45) is 5.92 Å². The van der Waals surface area contributed by atoms with Gasteiger partial charge in [0, 0.05) is 13.1 Å². The Morgan fingerprint density at radius 1 is 1.29 bits per heavy atom. The van der Waals surface area contributed by atoms with Crippen LogP contribution < -0.4 is 5.32 Å². The van der Waals surface area contributed by atoms with Crippen molar-refractivity contribution in [1.82, 2.24) is 25.2 Å². The van der Waals surface area contributed by atoms with E-state index in [-0.39, 0.29) is 23.6 Å². The van der Waals surface area contributed by atoms with Gasteiger partial charge in [-0.05, 0) is 25.2 Å². The third-order valence-electron chi connectivity index (χ3n) is 4.29. The zero-order valence-electron chi connectivity index (χ0n) is 12.5. The van der Waals surface area contributed by atoms with Crippen LogP contribution in [0.25, 0.3) is 0 Å². The number of hydrogen-bond acceptors (Lipinski definition) is 4. The predicted molar refractivity (Wildman–Crippen MR) is 75.9 cm³/mol. The lowest BCUT2D eigenvalue weighted by molar-refractivity contribution is 0.0709. The van der Waals surface area contributed by atoms with E-state index in [1.807, 2.05) is 13.8 Å². The summed E-state index contributed by atoms with van der Waals surface area (Å²) in [5.41, 5.74) is 0.499. The number of fused-ring (bicyclic) bond motifs is 1. The fraction of sp³-hybridized carbons (Fsp3) is 0.714. The van der Waals surface area contributed by atoms with Crippen LogP contribution in [-0.4, -0.2) is 50.8 Å². The van der Waals surface area contributed by atoms with Gasteiger partial charge in [-0.3, -0.25) is 9.59 Å². The van der Waals surface area contributed by atoms with Gasteiger partial charge in [-0.25, -0.2) is 4.68 Å². The molecule has 1 saturated heterocycles. The van der Waals surface area contributed by atoms with Gasteiger partial charge in [0.1, 0.15) is 0 Å². The number of amides is 2. The molecule has 1 N–H and O–H groups in total. The second-order valence-electron chi connectivity index (χ2n) is 6.15. The summed E-state index contributed by atoms with van der Waals surface area (Å²) in [5.74, 6) is -0.105. The molecule has 1 aromatic rings. The number of piperidine rings is 1. The normalized spacial score (nSPS) is 22.1. The van der Waals surface area contributed by atoms with Gasteiger partial charge in [0.15, 0.2) is 11.4 Å². The third kappa shape index (κ3) is 2.52. The molecule has 2 amide bonds. The van der Waals surface area contributed by atoms with Gasteiger partial charge in [0.05, 0.1) is 12.6 Å². The second kappa shape index (κ2) is 5.46. The number of carbonyl (C=O) groups excluding carboxylic acids is 2. The quantitative estimate of drug-likeness (QED) is 0.868. The standard InChI is InChI=1S/C14H21N5O2/c1-9(2)10-8-19-12(13(20)15-10)11(16-17-19)14(21)18-6-4-3-5-7-18/h9-10H,3-8H2,1-2H3,(H,15,20)/t10-/m1/s1. The minimum Gasteiger partial charge on any atom is -0.346 e. The van der Waals surface area contributed by atoms with Gasteiger partial charge in [-0.15, -0.1) is 5.10 Å². The van der Waals surface area contributed by atoms with Crippen LogP contribution in [-0.2, 0) is 6.54 Å². The predicted octanol–water partition coefficient (Wildman–Crippen LogP) is 0.672. The van der Waals surface area contributed by atoms with E-state index < -0.39 is 0 Å². The molecule has 2 aliphatic rings. The average molecular weight is 291 g/mol. The minimum absolute atomic E-state index is 0.0321. The lowest BCUT2D eigenvalue weighted by atomic mass is 10.0. The molecule has 0 aliphatic carbocycles. The topological polar surface area (TPSA) is 80.1 Å². The molecule has 2 aliphatic heterocycles. The Morgan fingerprint density at radius 2 is 2.00 bits per heavy atom. The number of nitrogens with zero attached hydrogens (tertiary/aromatic N) is 4. The molecule has 114 valence electrons. The number of rotatable bonds is 2. The number of nitrogens with one attached hydrogen (secondary N) is 1. The lowest BCUT2D eigenvalue weighted by Crippen LogP contribution is -2.48. The highest BCUT2D eigenvalue weighted by Crippen LogP contribution is 2.18. The fourth-order valence-corrected chi connectivity index (χ4v) is 2.90. The monoisotopic (exact) mass is 291 g/mol. The summed E-state index contributed by atoms with van der Waals surface area (Å²) < 4.78 is 1.57. The Bertz CT molecular complexity index is 560. The Kier molecular flexibility index (Phi) is 3.65. The molecule has 21 heavy (non-hydrogen) atoms. The number of carbonyl (C=O) groups is 2. The van der Waals surface area contributed by atoms with Crippen molar-refractivity contribution in [2.45, 2.75) is 45.7 Å². The van der Waals surface area contributed by atoms with Crippen molar-refractivity contribution >= 4 is 11.8 Å². The molecule has 3 heterocycles. The highest BCUT2D eigenvalue weighted by atomic mass is 16.2. The molecule has 7 nitrogen and oxygen atoms in total. The first-order valence-corrected chi connectivity index (χ1v) is 7.61. The van der Waals surface area contributed by atoms with Gasteiger partial charge in [-0.1, -0.05) is 19.1 Å². The molecule has 0 aromatic carbocycles. The average Bonchev–Trinajstić information content (AvgIpc) is 2.91. The van der Waals surface area contributed by atoms with Crippen LogP contribution in [0.2, 0.25) is 0 Å². The van der Waals surface area contributed by atoms with E-state index >= 15 is 0 Å². The number of likely N-dealkylation sites (tertiary alicyclic amines) is 1. The Balaban J connectivity index is 1.86. The summed E-state index contributed by atoms with van der Waals surface area (Å²) in [6.45, 7) is 6.14. The molecule has 1 aromatic heterocycles. The van der Waals surface area contributed by atoms with E-state index in [0.717, 1.165) is 32.4 Å². The van der Waals surface area contributed by atoms with Crippen molar-refractivity contribution in [3.8, 4) is 0 Å². The first-order chi connectivity index (χ1) is 10.1. The Morgan fingerprint density at radius 3 is 2.67 bits per heavy atom. The first-order valence-electron chi connectivity index (χ1n) is 7.61. The van der Waals surface area contributed by atoms with Crippen molar-refractivity contribution < 1.29 is 9.59 Å². The summed E-state index contributed by atoms with van der Waals surface area (Å²) in [6, 6.07) is 0.0321. The molecule has 1 fully saturated rings. The van der Waals surface area contributed by atoms with Crippen LogP contribution >= 0.6 is 0 Å². The Labute approximate surface area is 123 Å². The van der Waals surface area contributed by atoms with Crippen LogP contribution in [0.5, 0.6) is 0 Å². The third-order valence-corrected chi connectivity index (χ3v) is 4.29. The smallest absolute Gasteiger partial charge is 0.276 e. The maximum absolute atomic E-state index is 12.5. The van der Waals surface area contributed by atoms with E-state index in [0.29, 0.717) is 18.2 Å². The van der Waals surface area contributed by atoms with Crippen LogP contribution in [0.3, 0.4) is 0 Å². The van der Waals surface area contributed by atoms with Gasteiger partial charge in [-0.2, -0.15) is 0 Å².